The molecule has 0 saturated carbocycles. The lowest BCUT2D eigenvalue weighted by atomic mass is 10.0. The molecule has 1 heterocycles. The van der Waals surface area contributed by atoms with Crippen LogP contribution in [0.3, 0.4) is 0 Å². The number of halogens is 3. The number of carbonyl (C=O) groups is 1. The second-order valence-electron chi connectivity index (χ2n) is 5.53. The molecule has 0 aliphatic rings. The molecule has 5 nitrogen and oxygen atoms in total. The van der Waals surface area contributed by atoms with Gasteiger partial charge in [-0.1, -0.05) is 36.4 Å². The Morgan fingerprint density at radius 1 is 1.08 bits per heavy atom. The van der Waals surface area contributed by atoms with Gasteiger partial charge in [0, 0.05) is 18.2 Å². The van der Waals surface area contributed by atoms with E-state index in [1.807, 2.05) is 0 Å². The minimum absolute atomic E-state index is 0.228. The van der Waals surface area contributed by atoms with Crippen molar-refractivity contribution in [3.05, 3.63) is 60.3 Å². The van der Waals surface area contributed by atoms with Crippen LogP contribution in [-0.2, 0) is 7.05 Å². The Morgan fingerprint density at radius 3 is 2.42 bits per heavy atom. The van der Waals surface area contributed by atoms with Crippen molar-refractivity contribution in [1.82, 2.24) is 9.78 Å². The molecule has 3 aromatic rings. The monoisotopic (exact) mass is 361 g/mol. The summed E-state index contributed by atoms with van der Waals surface area (Å²) in [4.78, 5) is 11.4. The van der Waals surface area contributed by atoms with Crippen molar-refractivity contribution in [3.8, 4) is 28.1 Å². The molecular formula is C18H14F3N3O2. The smallest absolute Gasteiger partial charge is 0.405 e. The number of carbonyl (C=O) groups excluding carboxylic acids is 1. The molecule has 1 aromatic heterocycles. The highest BCUT2D eigenvalue weighted by Gasteiger charge is 2.32. The van der Waals surface area contributed by atoms with E-state index in [-0.39, 0.29) is 17.0 Å². The molecule has 0 aliphatic heterocycles. The lowest BCUT2D eigenvalue weighted by Crippen LogP contribution is -2.17. The Labute approximate surface area is 146 Å². The zero-order valence-corrected chi connectivity index (χ0v) is 13.6. The zero-order valence-electron chi connectivity index (χ0n) is 13.6. The number of hydrogen-bond acceptors (Lipinski definition) is 3. The van der Waals surface area contributed by atoms with E-state index >= 15 is 0 Å². The number of aryl methyl sites for hydroxylation is 1. The van der Waals surface area contributed by atoms with Crippen LogP contribution in [0.1, 0.15) is 10.5 Å². The van der Waals surface area contributed by atoms with Crippen LogP contribution in [0, 0.1) is 0 Å². The first-order chi connectivity index (χ1) is 12.2. The van der Waals surface area contributed by atoms with Crippen LogP contribution in [0.25, 0.3) is 22.4 Å². The molecule has 0 atom stereocenters. The van der Waals surface area contributed by atoms with Crippen LogP contribution in [0.15, 0.2) is 54.6 Å². The van der Waals surface area contributed by atoms with E-state index in [1.54, 1.807) is 37.4 Å². The summed E-state index contributed by atoms with van der Waals surface area (Å²) in [6.45, 7) is 0. The number of benzene rings is 2. The number of alkyl halides is 3. The third-order valence-corrected chi connectivity index (χ3v) is 3.71. The first-order valence-electron chi connectivity index (χ1n) is 7.54. The largest absolute Gasteiger partial charge is 0.573 e. The molecule has 0 spiro atoms. The second kappa shape index (κ2) is 6.55. The molecule has 3 rings (SSSR count). The Balaban J connectivity index is 2.04. The molecule has 0 radical (unpaired) electrons. The van der Waals surface area contributed by atoms with E-state index < -0.39 is 12.3 Å². The lowest BCUT2D eigenvalue weighted by Gasteiger charge is -2.13. The molecule has 8 heteroatoms. The molecule has 0 fully saturated rings. The molecule has 1 amide bonds. The van der Waals surface area contributed by atoms with Gasteiger partial charge in [-0.05, 0) is 23.8 Å². The number of nitrogens with two attached hydrogens (primary N) is 1. The highest BCUT2D eigenvalue weighted by Crippen LogP contribution is 2.35. The van der Waals surface area contributed by atoms with Crippen LogP contribution in [0.4, 0.5) is 13.2 Å². The number of para-hydroxylation sites is 1. The fraction of sp³-hybridized carbons (Fsp3) is 0.111. The minimum atomic E-state index is -4.79. The number of rotatable bonds is 4. The summed E-state index contributed by atoms with van der Waals surface area (Å²) in [6.07, 6.45) is -4.79. The van der Waals surface area contributed by atoms with E-state index in [0.29, 0.717) is 16.8 Å². The van der Waals surface area contributed by atoms with Crippen molar-refractivity contribution >= 4 is 5.91 Å². The molecule has 0 unspecified atom stereocenters. The predicted molar refractivity (Wildman–Crippen MR) is 89.3 cm³/mol. The zero-order chi connectivity index (χ0) is 18.9. The van der Waals surface area contributed by atoms with Crippen LogP contribution >= 0.6 is 0 Å². The summed E-state index contributed by atoms with van der Waals surface area (Å²) in [5, 5.41) is 4.22. The minimum Gasteiger partial charge on any atom is -0.405 e. The quantitative estimate of drug-likeness (QED) is 0.769. The Hall–Kier alpha value is -3.29. The number of hydrogen-bond donors (Lipinski definition) is 1. The number of aromatic nitrogens is 2. The molecule has 0 saturated heterocycles. The van der Waals surface area contributed by atoms with Gasteiger partial charge in [0.1, 0.15) is 11.4 Å². The average Bonchev–Trinajstić information content (AvgIpc) is 2.96. The summed E-state index contributed by atoms with van der Waals surface area (Å²) in [5.74, 6) is -0.915. The first-order valence-corrected chi connectivity index (χ1v) is 7.54. The van der Waals surface area contributed by atoms with E-state index in [2.05, 4.69) is 9.84 Å². The summed E-state index contributed by atoms with van der Waals surface area (Å²) in [6, 6.07) is 14.2. The van der Waals surface area contributed by atoms with Gasteiger partial charge in [-0.2, -0.15) is 5.10 Å². The number of amides is 1. The third-order valence-electron chi connectivity index (χ3n) is 3.71. The van der Waals surface area contributed by atoms with Crippen molar-refractivity contribution in [2.45, 2.75) is 6.36 Å². The molecule has 134 valence electrons. The SMILES string of the molecule is Cn1nc(-c2cccc(-c3ccccc3OC(F)(F)F)c2)cc1C(N)=O. The van der Waals surface area contributed by atoms with E-state index in [1.165, 1.54) is 28.9 Å². The number of primary amides is 1. The maximum absolute atomic E-state index is 12.6. The molecule has 2 N–H and O–H groups in total. The predicted octanol–water partition coefficient (Wildman–Crippen LogP) is 3.75. The van der Waals surface area contributed by atoms with Crippen LogP contribution in [-0.4, -0.2) is 22.1 Å². The Kier molecular flexibility index (Phi) is 4.41. The second-order valence-corrected chi connectivity index (χ2v) is 5.53. The Bertz CT molecular complexity index is 964. The number of nitrogens with zero attached hydrogens (tertiary/aromatic N) is 2. The molecule has 0 aliphatic carbocycles. The Morgan fingerprint density at radius 2 is 1.77 bits per heavy atom. The molecule has 2 aromatic carbocycles. The van der Waals surface area contributed by atoms with Gasteiger partial charge in [0.15, 0.2) is 0 Å². The van der Waals surface area contributed by atoms with Gasteiger partial charge in [0.2, 0.25) is 0 Å². The number of ether oxygens (including phenoxy) is 1. The van der Waals surface area contributed by atoms with Gasteiger partial charge in [-0.3, -0.25) is 9.48 Å². The van der Waals surface area contributed by atoms with Crippen molar-refractivity contribution in [2.24, 2.45) is 12.8 Å². The normalized spacial score (nSPS) is 11.4. The summed E-state index contributed by atoms with van der Waals surface area (Å²) in [7, 11) is 1.58. The van der Waals surface area contributed by atoms with Gasteiger partial charge in [0.05, 0.1) is 5.69 Å². The fourth-order valence-electron chi connectivity index (χ4n) is 2.60. The van der Waals surface area contributed by atoms with Gasteiger partial charge in [-0.25, -0.2) is 0 Å². The standard InChI is InChI=1S/C18H14F3N3O2/c1-24-15(17(22)25)10-14(23-24)12-6-4-5-11(9-12)13-7-2-3-8-16(13)26-18(19,20)21/h2-10H,1H3,(H2,22,25). The van der Waals surface area contributed by atoms with Crippen molar-refractivity contribution < 1.29 is 22.7 Å². The van der Waals surface area contributed by atoms with Gasteiger partial charge >= 0.3 is 6.36 Å². The molecule has 0 bridgehead atoms. The van der Waals surface area contributed by atoms with Crippen molar-refractivity contribution in [3.63, 3.8) is 0 Å². The maximum Gasteiger partial charge on any atom is 0.573 e. The van der Waals surface area contributed by atoms with Crippen molar-refractivity contribution in [1.29, 1.82) is 0 Å². The summed E-state index contributed by atoms with van der Waals surface area (Å²) in [5.41, 5.74) is 7.44. The lowest BCUT2D eigenvalue weighted by molar-refractivity contribution is -0.274. The van der Waals surface area contributed by atoms with Crippen molar-refractivity contribution in [2.75, 3.05) is 0 Å². The van der Waals surface area contributed by atoms with E-state index in [9.17, 15) is 18.0 Å². The highest BCUT2D eigenvalue weighted by atomic mass is 19.4. The highest BCUT2D eigenvalue weighted by molar-refractivity contribution is 5.92. The van der Waals surface area contributed by atoms with E-state index in [0.717, 1.165) is 0 Å². The summed E-state index contributed by atoms with van der Waals surface area (Å²) >= 11 is 0. The average molecular weight is 361 g/mol. The summed E-state index contributed by atoms with van der Waals surface area (Å²) < 4.78 is 43.3. The maximum atomic E-state index is 12.6. The van der Waals surface area contributed by atoms with Gasteiger partial charge in [-0.15, -0.1) is 13.2 Å². The van der Waals surface area contributed by atoms with Crippen LogP contribution in [0.5, 0.6) is 5.75 Å². The van der Waals surface area contributed by atoms with Crippen LogP contribution in [0.2, 0.25) is 0 Å². The molecule has 26 heavy (non-hydrogen) atoms. The van der Waals surface area contributed by atoms with Gasteiger partial charge < -0.3 is 10.5 Å². The molecular weight excluding hydrogens is 347 g/mol. The topological polar surface area (TPSA) is 70.1 Å². The fourth-order valence-corrected chi connectivity index (χ4v) is 2.60. The third kappa shape index (κ3) is 3.69. The van der Waals surface area contributed by atoms with Gasteiger partial charge in [0.25, 0.3) is 5.91 Å². The van der Waals surface area contributed by atoms with Crippen LogP contribution < -0.4 is 10.5 Å². The van der Waals surface area contributed by atoms with E-state index in [4.69, 9.17) is 5.73 Å². The first kappa shape index (κ1) is 17.5.